The Bertz CT molecular complexity index is 984. The molecule has 0 amide bonds. The standard InChI is InChI=1S/C17H14N4O2S2/c1-2-10-20-15(13-6-4-3-5-7-13)12-24-17(20)19-18-11-14-8-9-16(25-14)21(22)23/h2-9,11-12H,1,10H2/b18-11+,19-17-. The van der Waals surface area contributed by atoms with E-state index < -0.39 is 4.92 Å². The molecule has 0 saturated heterocycles. The molecule has 0 bridgehead atoms. The summed E-state index contributed by atoms with van der Waals surface area (Å²) in [6.07, 6.45) is 3.34. The third-order valence-electron chi connectivity index (χ3n) is 3.30. The lowest BCUT2D eigenvalue weighted by Crippen LogP contribution is -2.14. The van der Waals surface area contributed by atoms with Crippen molar-refractivity contribution in [3.05, 3.63) is 80.3 Å². The molecule has 0 aliphatic carbocycles. The number of hydrogen-bond acceptors (Lipinski definition) is 6. The number of rotatable bonds is 6. The van der Waals surface area contributed by atoms with E-state index in [1.165, 1.54) is 23.6 Å². The molecule has 0 saturated carbocycles. The van der Waals surface area contributed by atoms with Crippen LogP contribution in [0, 0.1) is 10.1 Å². The summed E-state index contributed by atoms with van der Waals surface area (Å²) in [5.74, 6) is 0. The van der Waals surface area contributed by atoms with Crippen LogP contribution in [-0.2, 0) is 6.54 Å². The van der Waals surface area contributed by atoms with Gasteiger partial charge >= 0.3 is 5.00 Å². The summed E-state index contributed by atoms with van der Waals surface area (Å²) < 4.78 is 2.03. The summed E-state index contributed by atoms with van der Waals surface area (Å²) in [4.78, 5) is 11.7. The van der Waals surface area contributed by atoms with Gasteiger partial charge in [-0.15, -0.1) is 23.0 Å². The van der Waals surface area contributed by atoms with Crippen molar-refractivity contribution in [2.75, 3.05) is 0 Å². The summed E-state index contributed by atoms with van der Waals surface area (Å²) in [6.45, 7) is 4.42. The molecule has 1 aromatic carbocycles. The van der Waals surface area contributed by atoms with E-state index in [2.05, 4.69) is 16.8 Å². The highest BCUT2D eigenvalue weighted by Crippen LogP contribution is 2.22. The van der Waals surface area contributed by atoms with Gasteiger partial charge in [0.2, 0.25) is 4.80 Å². The summed E-state index contributed by atoms with van der Waals surface area (Å²) in [5.41, 5.74) is 2.14. The van der Waals surface area contributed by atoms with Crippen LogP contribution in [0.2, 0.25) is 0 Å². The van der Waals surface area contributed by atoms with Crippen molar-refractivity contribution in [2.24, 2.45) is 10.2 Å². The summed E-state index contributed by atoms with van der Waals surface area (Å²) in [6, 6.07) is 13.2. The normalized spacial score (nSPS) is 11.9. The first-order valence-electron chi connectivity index (χ1n) is 7.35. The fourth-order valence-electron chi connectivity index (χ4n) is 2.20. The van der Waals surface area contributed by atoms with Crippen molar-refractivity contribution in [3.63, 3.8) is 0 Å². The Morgan fingerprint density at radius 3 is 2.72 bits per heavy atom. The summed E-state index contributed by atoms with van der Waals surface area (Å²) in [7, 11) is 0. The maximum atomic E-state index is 10.7. The highest BCUT2D eigenvalue weighted by atomic mass is 32.1. The van der Waals surface area contributed by atoms with Crippen LogP contribution in [0.15, 0.2) is 70.7 Å². The second kappa shape index (κ2) is 7.82. The van der Waals surface area contributed by atoms with Crippen molar-refractivity contribution >= 4 is 33.9 Å². The molecule has 2 aromatic heterocycles. The molecule has 126 valence electrons. The van der Waals surface area contributed by atoms with E-state index in [0.29, 0.717) is 11.4 Å². The molecular formula is C17H14N4O2S2. The Labute approximate surface area is 151 Å². The van der Waals surface area contributed by atoms with Gasteiger partial charge < -0.3 is 4.57 Å². The Balaban J connectivity index is 1.92. The van der Waals surface area contributed by atoms with Crippen LogP contribution in [0.1, 0.15) is 4.88 Å². The molecule has 0 spiro atoms. The summed E-state index contributed by atoms with van der Waals surface area (Å²) in [5, 5.41) is 21.2. The van der Waals surface area contributed by atoms with Crippen LogP contribution < -0.4 is 4.80 Å². The van der Waals surface area contributed by atoms with E-state index in [1.54, 1.807) is 6.07 Å². The molecule has 6 nitrogen and oxygen atoms in total. The first-order chi connectivity index (χ1) is 12.2. The van der Waals surface area contributed by atoms with E-state index in [9.17, 15) is 10.1 Å². The number of hydrogen-bond donors (Lipinski definition) is 0. The number of allylic oxidation sites excluding steroid dienone is 1. The van der Waals surface area contributed by atoms with Crippen LogP contribution in [0.4, 0.5) is 5.00 Å². The smallest absolute Gasteiger partial charge is 0.311 e. The lowest BCUT2D eigenvalue weighted by Gasteiger charge is -2.05. The van der Waals surface area contributed by atoms with Gasteiger partial charge in [-0.25, -0.2) is 0 Å². The predicted octanol–water partition coefficient (Wildman–Crippen LogP) is 4.31. The predicted molar refractivity (Wildman–Crippen MR) is 102 cm³/mol. The van der Waals surface area contributed by atoms with E-state index in [4.69, 9.17) is 0 Å². The number of thiophene rings is 1. The molecule has 0 aliphatic rings. The van der Waals surface area contributed by atoms with Crippen LogP contribution in [-0.4, -0.2) is 15.7 Å². The van der Waals surface area contributed by atoms with Gasteiger partial charge in [-0.05, 0) is 11.6 Å². The molecule has 3 rings (SSSR count). The zero-order chi connectivity index (χ0) is 17.6. The van der Waals surface area contributed by atoms with E-state index in [-0.39, 0.29) is 5.00 Å². The van der Waals surface area contributed by atoms with Crippen LogP contribution in [0.3, 0.4) is 0 Å². The maximum absolute atomic E-state index is 10.7. The average molecular weight is 370 g/mol. The van der Waals surface area contributed by atoms with Gasteiger partial charge in [0, 0.05) is 18.0 Å². The van der Waals surface area contributed by atoms with Crippen LogP contribution in [0.25, 0.3) is 11.3 Å². The number of nitro groups is 1. The lowest BCUT2D eigenvalue weighted by molar-refractivity contribution is -0.380. The Kier molecular flexibility index (Phi) is 5.32. The molecule has 25 heavy (non-hydrogen) atoms. The van der Waals surface area contributed by atoms with Gasteiger partial charge in [0.25, 0.3) is 0 Å². The Morgan fingerprint density at radius 1 is 1.24 bits per heavy atom. The third-order valence-corrected chi connectivity index (χ3v) is 5.13. The van der Waals surface area contributed by atoms with Gasteiger partial charge in [0.1, 0.15) is 0 Å². The van der Waals surface area contributed by atoms with Gasteiger partial charge in [-0.1, -0.05) is 47.7 Å². The molecule has 0 unspecified atom stereocenters. The number of benzene rings is 1. The largest absolute Gasteiger partial charge is 0.324 e. The van der Waals surface area contributed by atoms with Crippen molar-refractivity contribution in [2.45, 2.75) is 6.54 Å². The Hall–Kier alpha value is -2.84. The second-order valence-corrected chi connectivity index (χ2v) is 6.88. The van der Waals surface area contributed by atoms with E-state index in [0.717, 1.165) is 27.4 Å². The van der Waals surface area contributed by atoms with Crippen molar-refractivity contribution in [1.29, 1.82) is 0 Å². The minimum atomic E-state index is -0.414. The van der Waals surface area contributed by atoms with Gasteiger partial charge in [-0.2, -0.15) is 5.10 Å². The minimum absolute atomic E-state index is 0.0886. The third kappa shape index (κ3) is 3.98. The fourth-order valence-corrected chi connectivity index (χ4v) is 3.76. The minimum Gasteiger partial charge on any atom is -0.311 e. The zero-order valence-corrected chi connectivity index (χ0v) is 14.7. The molecule has 3 aromatic rings. The topological polar surface area (TPSA) is 72.8 Å². The van der Waals surface area contributed by atoms with Gasteiger partial charge in [0.05, 0.1) is 21.7 Å². The van der Waals surface area contributed by atoms with Gasteiger partial charge in [0.15, 0.2) is 0 Å². The summed E-state index contributed by atoms with van der Waals surface area (Å²) >= 11 is 2.55. The second-order valence-electron chi connectivity index (χ2n) is 4.95. The molecule has 0 fully saturated rings. The maximum Gasteiger partial charge on any atom is 0.324 e. The Morgan fingerprint density at radius 2 is 2.04 bits per heavy atom. The highest BCUT2D eigenvalue weighted by Gasteiger charge is 2.08. The molecule has 8 heteroatoms. The average Bonchev–Trinajstić information content (AvgIpc) is 3.24. The first kappa shape index (κ1) is 17.0. The first-order valence-corrected chi connectivity index (χ1v) is 9.04. The highest BCUT2D eigenvalue weighted by molar-refractivity contribution is 7.16. The quantitative estimate of drug-likeness (QED) is 0.281. The molecule has 0 radical (unpaired) electrons. The number of nitrogens with zero attached hydrogens (tertiary/aromatic N) is 4. The van der Waals surface area contributed by atoms with E-state index >= 15 is 0 Å². The SMILES string of the molecule is C=CCn1c(-c2ccccc2)cs/c1=N\N=C\c1ccc([N+](=O)[O-])s1. The number of thiazole rings is 1. The monoisotopic (exact) mass is 370 g/mol. The van der Waals surface area contributed by atoms with Crippen LogP contribution in [0.5, 0.6) is 0 Å². The van der Waals surface area contributed by atoms with E-state index in [1.807, 2.05) is 46.4 Å². The molecule has 0 N–H and O–H groups in total. The number of aromatic nitrogens is 1. The van der Waals surface area contributed by atoms with Crippen LogP contribution >= 0.6 is 22.7 Å². The van der Waals surface area contributed by atoms with Crippen molar-refractivity contribution < 1.29 is 4.92 Å². The zero-order valence-electron chi connectivity index (χ0n) is 13.1. The molecule has 2 heterocycles. The fraction of sp³-hybridized carbons (Fsp3) is 0.0588. The molecule has 0 aliphatic heterocycles. The molecular weight excluding hydrogens is 356 g/mol. The van der Waals surface area contributed by atoms with Crippen molar-refractivity contribution in [1.82, 2.24) is 4.57 Å². The lowest BCUT2D eigenvalue weighted by atomic mass is 10.2. The van der Waals surface area contributed by atoms with Gasteiger partial charge in [-0.3, -0.25) is 10.1 Å². The van der Waals surface area contributed by atoms with Crippen molar-refractivity contribution in [3.8, 4) is 11.3 Å². The molecule has 0 atom stereocenters.